The molecule has 0 spiro atoms. The van der Waals surface area contributed by atoms with E-state index in [0.717, 1.165) is 17.5 Å². The standard InChI is InChI=1S/C22H25BrF3NO5/c23-8-9-29-10-11-30-12-13-31-14-15-32-21(28)19-6-1-2-7-20(19)27-18-5-3-4-17(16-18)22(24,25)26/h1-7,16,27H,8-15H2. The molecule has 1 N–H and O–H groups in total. The summed E-state index contributed by atoms with van der Waals surface area (Å²) in [6, 6.07) is 11.2. The Balaban J connectivity index is 1.76. The third-order valence-corrected chi connectivity index (χ3v) is 4.37. The van der Waals surface area contributed by atoms with Crippen LogP contribution in [0.2, 0.25) is 0 Å². The second-order valence-electron chi connectivity index (χ2n) is 6.41. The van der Waals surface area contributed by atoms with E-state index in [4.69, 9.17) is 18.9 Å². The number of para-hydroxylation sites is 1. The van der Waals surface area contributed by atoms with Gasteiger partial charge in [-0.25, -0.2) is 4.79 Å². The van der Waals surface area contributed by atoms with E-state index >= 15 is 0 Å². The first-order valence-corrected chi connectivity index (χ1v) is 11.0. The lowest BCUT2D eigenvalue weighted by molar-refractivity contribution is -0.137. The molecule has 0 amide bonds. The van der Waals surface area contributed by atoms with Gasteiger partial charge in [-0.15, -0.1) is 0 Å². The first kappa shape index (κ1) is 26.1. The number of carbonyl (C=O) groups is 1. The summed E-state index contributed by atoms with van der Waals surface area (Å²) in [5, 5.41) is 3.63. The van der Waals surface area contributed by atoms with Crippen LogP contribution in [0.15, 0.2) is 48.5 Å². The van der Waals surface area contributed by atoms with Crippen LogP contribution in [0.4, 0.5) is 24.5 Å². The highest BCUT2D eigenvalue weighted by atomic mass is 79.9. The van der Waals surface area contributed by atoms with Gasteiger partial charge in [0.25, 0.3) is 0 Å². The van der Waals surface area contributed by atoms with Crippen molar-refractivity contribution in [2.75, 3.05) is 56.9 Å². The van der Waals surface area contributed by atoms with Crippen LogP contribution in [0.1, 0.15) is 15.9 Å². The SMILES string of the molecule is O=C(OCCOCCOCCOCCBr)c1ccccc1Nc1cccc(C(F)(F)F)c1. The molecule has 0 atom stereocenters. The Morgan fingerprint density at radius 1 is 0.844 bits per heavy atom. The van der Waals surface area contributed by atoms with Crippen molar-refractivity contribution in [3.63, 3.8) is 0 Å². The predicted molar refractivity (Wildman–Crippen MR) is 118 cm³/mol. The fourth-order valence-electron chi connectivity index (χ4n) is 2.57. The summed E-state index contributed by atoms with van der Waals surface area (Å²) in [6.07, 6.45) is -4.46. The molecule has 2 rings (SSSR count). The maximum atomic E-state index is 12.9. The van der Waals surface area contributed by atoms with Crippen LogP contribution in [0.25, 0.3) is 0 Å². The van der Waals surface area contributed by atoms with Crippen LogP contribution in [0.3, 0.4) is 0 Å². The zero-order valence-corrected chi connectivity index (χ0v) is 18.9. The van der Waals surface area contributed by atoms with Crippen molar-refractivity contribution in [1.29, 1.82) is 0 Å². The van der Waals surface area contributed by atoms with Crippen molar-refractivity contribution in [2.45, 2.75) is 6.18 Å². The Morgan fingerprint density at radius 2 is 1.47 bits per heavy atom. The van der Waals surface area contributed by atoms with Crippen LogP contribution in [0.5, 0.6) is 0 Å². The van der Waals surface area contributed by atoms with Gasteiger partial charge in [0.1, 0.15) is 6.61 Å². The van der Waals surface area contributed by atoms with Gasteiger partial charge in [-0.05, 0) is 30.3 Å². The first-order chi connectivity index (χ1) is 15.4. The molecule has 176 valence electrons. The van der Waals surface area contributed by atoms with Gasteiger partial charge in [0.05, 0.1) is 56.5 Å². The van der Waals surface area contributed by atoms with Crippen molar-refractivity contribution in [3.05, 3.63) is 59.7 Å². The summed E-state index contributed by atoms with van der Waals surface area (Å²) in [5.41, 5.74) is -0.0267. The molecule has 0 unspecified atom stereocenters. The molecule has 0 radical (unpaired) electrons. The Labute approximate surface area is 193 Å². The second-order valence-corrected chi connectivity index (χ2v) is 7.20. The highest BCUT2D eigenvalue weighted by Gasteiger charge is 2.30. The van der Waals surface area contributed by atoms with Crippen molar-refractivity contribution in [2.24, 2.45) is 0 Å². The lowest BCUT2D eigenvalue weighted by Crippen LogP contribution is -2.15. The van der Waals surface area contributed by atoms with E-state index < -0.39 is 17.7 Å². The summed E-state index contributed by atoms with van der Waals surface area (Å²) in [6.45, 7) is 2.59. The highest BCUT2D eigenvalue weighted by Crippen LogP contribution is 2.31. The van der Waals surface area contributed by atoms with Gasteiger partial charge in [0, 0.05) is 11.0 Å². The fourth-order valence-corrected chi connectivity index (χ4v) is 2.80. The van der Waals surface area contributed by atoms with Gasteiger partial charge < -0.3 is 24.3 Å². The average Bonchev–Trinajstić information content (AvgIpc) is 2.77. The molecule has 0 saturated heterocycles. The third-order valence-electron chi connectivity index (χ3n) is 4.04. The van der Waals surface area contributed by atoms with E-state index in [1.807, 2.05) is 0 Å². The fraction of sp³-hybridized carbons (Fsp3) is 0.409. The average molecular weight is 520 g/mol. The van der Waals surface area contributed by atoms with E-state index in [1.165, 1.54) is 18.2 Å². The number of hydrogen-bond donors (Lipinski definition) is 1. The minimum Gasteiger partial charge on any atom is -0.460 e. The number of hydrogen-bond acceptors (Lipinski definition) is 6. The molecule has 0 saturated carbocycles. The monoisotopic (exact) mass is 519 g/mol. The van der Waals surface area contributed by atoms with Gasteiger partial charge in [-0.3, -0.25) is 0 Å². The largest absolute Gasteiger partial charge is 0.460 e. The summed E-state index contributed by atoms with van der Waals surface area (Å²) in [7, 11) is 0. The Hall–Kier alpha value is -2.14. The van der Waals surface area contributed by atoms with Crippen LogP contribution in [-0.2, 0) is 25.1 Å². The second kappa shape index (κ2) is 14.1. The number of ether oxygens (including phenoxy) is 4. The first-order valence-electron chi connectivity index (χ1n) is 9.91. The maximum Gasteiger partial charge on any atom is 0.416 e. The number of halogens is 4. The summed E-state index contributed by atoms with van der Waals surface area (Å²) in [4.78, 5) is 12.4. The molecule has 2 aromatic carbocycles. The number of nitrogens with one attached hydrogen (secondary N) is 1. The quantitative estimate of drug-likeness (QED) is 0.214. The number of anilines is 2. The van der Waals surface area contributed by atoms with E-state index in [-0.39, 0.29) is 24.5 Å². The lowest BCUT2D eigenvalue weighted by Gasteiger charge is -2.13. The van der Waals surface area contributed by atoms with Crippen molar-refractivity contribution >= 4 is 33.3 Å². The van der Waals surface area contributed by atoms with Gasteiger partial charge in [0.2, 0.25) is 0 Å². The van der Waals surface area contributed by atoms with E-state index in [1.54, 1.807) is 18.2 Å². The van der Waals surface area contributed by atoms with Crippen LogP contribution in [0, 0.1) is 0 Å². The number of benzene rings is 2. The maximum absolute atomic E-state index is 12.9. The number of rotatable bonds is 14. The number of alkyl halides is 4. The van der Waals surface area contributed by atoms with E-state index in [9.17, 15) is 18.0 Å². The number of esters is 1. The molecule has 32 heavy (non-hydrogen) atoms. The molecule has 0 aliphatic rings. The Kier molecular flexibility index (Phi) is 11.5. The molecule has 0 heterocycles. The minimum atomic E-state index is -4.46. The van der Waals surface area contributed by atoms with Crippen molar-refractivity contribution in [1.82, 2.24) is 0 Å². The topological polar surface area (TPSA) is 66.0 Å². The summed E-state index contributed by atoms with van der Waals surface area (Å²) in [5.74, 6) is -0.608. The molecule has 0 bridgehead atoms. The molecule has 0 aliphatic heterocycles. The van der Waals surface area contributed by atoms with Gasteiger partial charge in [-0.1, -0.05) is 34.1 Å². The Bertz CT molecular complexity index is 835. The summed E-state index contributed by atoms with van der Waals surface area (Å²) >= 11 is 3.26. The van der Waals surface area contributed by atoms with Crippen LogP contribution >= 0.6 is 15.9 Å². The summed E-state index contributed by atoms with van der Waals surface area (Å²) < 4.78 is 59.9. The molecule has 2 aromatic rings. The van der Waals surface area contributed by atoms with E-state index in [2.05, 4.69) is 21.2 Å². The van der Waals surface area contributed by atoms with Gasteiger partial charge in [0.15, 0.2) is 0 Å². The van der Waals surface area contributed by atoms with Gasteiger partial charge in [-0.2, -0.15) is 13.2 Å². The van der Waals surface area contributed by atoms with Crippen molar-refractivity contribution < 1.29 is 36.9 Å². The molecule has 0 fully saturated rings. The lowest BCUT2D eigenvalue weighted by atomic mass is 10.1. The third kappa shape index (κ3) is 9.56. The molecule has 10 heteroatoms. The molecule has 0 aromatic heterocycles. The zero-order valence-electron chi connectivity index (χ0n) is 17.3. The predicted octanol–water partition coefficient (Wildman–Crippen LogP) is 5.05. The smallest absolute Gasteiger partial charge is 0.416 e. The molecule has 6 nitrogen and oxygen atoms in total. The highest BCUT2D eigenvalue weighted by molar-refractivity contribution is 9.09. The molecular formula is C22H25BrF3NO5. The van der Waals surface area contributed by atoms with E-state index in [0.29, 0.717) is 38.7 Å². The van der Waals surface area contributed by atoms with Crippen molar-refractivity contribution in [3.8, 4) is 0 Å². The molecule has 0 aliphatic carbocycles. The van der Waals surface area contributed by atoms with Gasteiger partial charge >= 0.3 is 12.1 Å². The number of carbonyl (C=O) groups excluding carboxylic acids is 1. The normalized spacial score (nSPS) is 11.4. The van der Waals surface area contributed by atoms with Crippen LogP contribution < -0.4 is 5.32 Å². The van der Waals surface area contributed by atoms with Crippen LogP contribution in [-0.4, -0.2) is 57.5 Å². The Morgan fingerprint density at radius 3 is 2.12 bits per heavy atom. The zero-order chi connectivity index (χ0) is 23.2. The molecular weight excluding hydrogens is 495 g/mol. The minimum absolute atomic E-state index is 0.0328.